The van der Waals surface area contributed by atoms with E-state index in [1.165, 1.54) is 0 Å². The zero-order valence-electron chi connectivity index (χ0n) is 14.6. The maximum absolute atomic E-state index is 13.4. The van der Waals surface area contributed by atoms with Gasteiger partial charge in [0.05, 0.1) is 17.4 Å². The largest absolute Gasteiger partial charge is 0.496 e. The van der Waals surface area contributed by atoms with Gasteiger partial charge < -0.3 is 4.74 Å². The molecule has 4 nitrogen and oxygen atoms in total. The molecule has 3 aromatic carbocycles. The lowest BCUT2D eigenvalue weighted by atomic mass is 10.1. The third kappa shape index (κ3) is 3.49. The number of methoxy groups -OCH3 is 1. The standard InChI is InChI=1S/C20H18BrNO3S2/c1-25-19-9-7-16(21)13-18(19)20-22(10-11-26-20)27(23,24)17-8-6-14-4-2-3-5-15(14)12-17/h2-9,12-13,20H,10-11H2,1H3/t20-/m1/s1. The van der Waals surface area contributed by atoms with Crippen molar-refractivity contribution in [3.63, 3.8) is 0 Å². The Morgan fingerprint density at radius 3 is 2.63 bits per heavy atom. The van der Waals surface area contributed by atoms with Gasteiger partial charge in [0.15, 0.2) is 0 Å². The Morgan fingerprint density at radius 1 is 1.07 bits per heavy atom. The molecule has 3 aromatic rings. The Morgan fingerprint density at radius 2 is 1.85 bits per heavy atom. The molecule has 0 unspecified atom stereocenters. The molecule has 1 atom stereocenters. The molecule has 0 amide bonds. The van der Waals surface area contributed by atoms with Crippen LogP contribution in [0.4, 0.5) is 0 Å². The molecule has 0 spiro atoms. The first-order valence-corrected chi connectivity index (χ1v) is 11.7. The Hall–Kier alpha value is -1.54. The minimum atomic E-state index is -3.62. The van der Waals surface area contributed by atoms with Crippen molar-refractivity contribution < 1.29 is 13.2 Å². The van der Waals surface area contributed by atoms with E-state index in [4.69, 9.17) is 4.74 Å². The molecular weight excluding hydrogens is 446 g/mol. The number of fused-ring (bicyclic) bond motifs is 1. The fourth-order valence-corrected chi connectivity index (χ4v) is 6.97. The van der Waals surface area contributed by atoms with Crippen LogP contribution in [0.3, 0.4) is 0 Å². The van der Waals surface area contributed by atoms with Gasteiger partial charge in [-0.05, 0) is 41.1 Å². The normalized spacial score (nSPS) is 18.1. The summed E-state index contributed by atoms with van der Waals surface area (Å²) in [5, 5.41) is 1.63. The third-order valence-electron chi connectivity index (χ3n) is 4.63. The average molecular weight is 464 g/mol. The van der Waals surface area contributed by atoms with Crippen LogP contribution < -0.4 is 4.74 Å². The van der Waals surface area contributed by atoms with Crippen LogP contribution in [-0.4, -0.2) is 32.1 Å². The van der Waals surface area contributed by atoms with E-state index in [9.17, 15) is 8.42 Å². The summed E-state index contributed by atoms with van der Waals surface area (Å²) in [6, 6.07) is 18.8. The fraction of sp³-hybridized carbons (Fsp3) is 0.200. The summed E-state index contributed by atoms with van der Waals surface area (Å²) in [6.45, 7) is 0.472. The number of thioether (sulfide) groups is 1. The Kier molecular flexibility index (Phi) is 5.20. The molecule has 1 fully saturated rings. The average Bonchev–Trinajstić information content (AvgIpc) is 3.18. The van der Waals surface area contributed by atoms with E-state index in [2.05, 4.69) is 15.9 Å². The van der Waals surface area contributed by atoms with Crippen LogP contribution in [0, 0.1) is 0 Å². The van der Waals surface area contributed by atoms with Crippen molar-refractivity contribution in [2.24, 2.45) is 0 Å². The van der Waals surface area contributed by atoms with Gasteiger partial charge in [-0.3, -0.25) is 0 Å². The van der Waals surface area contributed by atoms with Crippen LogP contribution in [0.5, 0.6) is 5.75 Å². The zero-order valence-corrected chi connectivity index (χ0v) is 17.9. The van der Waals surface area contributed by atoms with Crippen LogP contribution in [0.1, 0.15) is 10.9 Å². The molecule has 27 heavy (non-hydrogen) atoms. The van der Waals surface area contributed by atoms with Crippen molar-refractivity contribution in [2.45, 2.75) is 10.3 Å². The number of rotatable bonds is 4. The second-order valence-corrected chi connectivity index (χ2v) is 10.2. The highest BCUT2D eigenvalue weighted by molar-refractivity contribution is 9.10. The number of sulfonamides is 1. The molecule has 1 heterocycles. The molecule has 0 radical (unpaired) electrons. The van der Waals surface area contributed by atoms with Crippen LogP contribution in [0.25, 0.3) is 10.8 Å². The molecule has 1 saturated heterocycles. The van der Waals surface area contributed by atoms with Crippen LogP contribution in [0.2, 0.25) is 0 Å². The van der Waals surface area contributed by atoms with E-state index in [0.29, 0.717) is 17.2 Å². The molecule has 0 saturated carbocycles. The quantitative estimate of drug-likeness (QED) is 0.543. The lowest BCUT2D eigenvalue weighted by Gasteiger charge is -2.25. The van der Waals surface area contributed by atoms with Gasteiger partial charge in [-0.1, -0.05) is 46.3 Å². The minimum absolute atomic E-state index is 0.311. The van der Waals surface area contributed by atoms with E-state index in [1.807, 2.05) is 48.5 Å². The maximum Gasteiger partial charge on any atom is 0.244 e. The molecule has 7 heteroatoms. The lowest BCUT2D eigenvalue weighted by Crippen LogP contribution is -2.30. The van der Waals surface area contributed by atoms with E-state index >= 15 is 0 Å². The Balaban J connectivity index is 1.77. The summed E-state index contributed by atoms with van der Waals surface area (Å²) in [5.74, 6) is 1.43. The molecule has 140 valence electrons. The number of hydrogen-bond acceptors (Lipinski definition) is 4. The third-order valence-corrected chi connectivity index (χ3v) is 8.36. The first kappa shape index (κ1) is 18.8. The fourth-order valence-electron chi connectivity index (χ4n) is 3.31. The summed E-state index contributed by atoms with van der Waals surface area (Å²) in [5.41, 5.74) is 0.860. The second kappa shape index (κ2) is 7.47. The Labute approximate surface area is 171 Å². The van der Waals surface area contributed by atoms with Gasteiger partial charge in [0.1, 0.15) is 5.75 Å². The highest BCUT2D eigenvalue weighted by Gasteiger charge is 2.38. The molecule has 0 aliphatic carbocycles. The SMILES string of the molecule is COc1ccc(Br)cc1[C@H]1SCCN1S(=O)(=O)c1ccc2ccccc2c1. The maximum atomic E-state index is 13.4. The second-order valence-electron chi connectivity index (χ2n) is 6.23. The van der Waals surface area contributed by atoms with Crippen molar-refractivity contribution in [2.75, 3.05) is 19.4 Å². The summed E-state index contributed by atoms with van der Waals surface area (Å²) in [6.07, 6.45) is 0. The van der Waals surface area contributed by atoms with Crippen molar-refractivity contribution in [3.8, 4) is 5.75 Å². The van der Waals surface area contributed by atoms with Gasteiger partial charge in [0.25, 0.3) is 0 Å². The van der Waals surface area contributed by atoms with Gasteiger partial charge in [-0.25, -0.2) is 8.42 Å². The first-order valence-electron chi connectivity index (χ1n) is 8.46. The molecule has 0 aromatic heterocycles. The number of ether oxygens (including phenoxy) is 1. The van der Waals surface area contributed by atoms with Crippen molar-refractivity contribution in [3.05, 3.63) is 70.7 Å². The number of halogens is 1. The van der Waals surface area contributed by atoms with E-state index < -0.39 is 10.0 Å². The number of nitrogens with zero attached hydrogens (tertiary/aromatic N) is 1. The molecular formula is C20H18BrNO3S2. The van der Waals surface area contributed by atoms with Gasteiger partial charge >= 0.3 is 0 Å². The highest BCUT2D eigenvalue weighted by Crippen LogP contribution is 2.45. The van der Waals surface area contributed by atoms with Crippen molar-refractivity contribution in [1.82, 2.24) is 4.31 Å². The predicted octanol–water partition coefficient (Wildman–Crippen LogP) is 5.05. The summed E-state index contributed by atoms with van der Waals surface area (Å²) in [7, 11) is -2.02. The van der Waals surface area contributed by atoms with E-state index in [-0.39, 0.29) is 5.37 Å². The summed E-state index contributed by atoms with van der Waals surface area (Å²) in [4.78, 5) is 0.322. The molecule has 1 aliphatic heterocycles. The molecule has 1 aliphatic rings. The molecule has 0 bridgehead atoms. The topological polar surface area (TPSA) is 46.6 Å². The van der Waals surface area contributed by atoms with E-state index in [1.54, 1.807) is 35.3 Å². The van der Waals surface area contributed by atoms with Gasteiger partial charge in [0, 0.05) is 22.3 Å². The smallest absolute Gasteiger partial charge is 0.244 e. The minimum Gasteiger partial charge on any atom is -0.496 e. The summed E-state index contributed by atoms with van der Waals surface area (Å²) < 4.78 is 34.8. The predicted molar refractivity (Wildman–Crippen MR) is 114 cm³/mol. The zero-order chi connectivity index (χ0) is 19.0. The lowest BCUT2D eigenvalue weighted by molar-refractivity contribution is 0.390. The highest BCUT2D eigenvalue weighted by atomic mass is 79.9. The van der Waals surface area contributed by atoms with Crippen molar-refractivity contribution >= 4 is 48.5 Å². The van der Waals surface area contributed by atoms with Gasteiger partial charge in [0.2, 0.25) is 10.0 Å². The van der Waals surface area contributed by atoms with Crippen LogP contribution >= 0.6 is 27.7 Å². The van der Waals surface area contributed by atoms with Crippen molar-refractivity contribution in [1.29, 1.82) is 0 Å². The van der Waals surface area contributed by atoms with Crippen LogP contribution in [0.15, 0.2) is 70.0 Å². The van der Waals surface area contributed by atoms with E-state index in [0.717, 1.165) is 26.6 Å². The number of hydrogen-bond donors (Lipinski definition) is 0. The summed E-state index contributed by atoms with van der Waals surface area (Å²) >= 11 is 5.10. The van der Waals surface area contributed by atoms with Gasteiger partial charge in [-0.15, -0.1) is 11.8 Å². The molecule has 4 rings (SSSR count). The number of benzene rings is 3. The van der Waals surface area contributed by atoms with Crippen LogP contribution in [-0.2, 0) is 10.0 Å². The molecule has 0 N–H and O–H groups in total. The van der Waals surface area contributed by atoms with Gasteiger partial charge in [-0.2, -0.15) is 4.31 Å². The Bertz CT molecular complexity index is 1100. The first-order chi connectivity index (χ1) is 13.0. The monoisotopic (exact) mass is 463 g/mol.